The van der Waals surface area contributed by atoms with Crippen molar-refractivity contribution in [2.24, 2.45) is 0 Å². The summed E-state index contributed by atoms with van der Waals surface area (Å²) < 4.78 is 16.0. The maximum atomic E-state index is 12.6. The van der Waals surface area contributed by atoms with Crippen molar-refractivity contribution in [2.45, 2.75) is 51.4 Å². The predicted octanol–water partition coefficient (Wildman–Crippen LogP) is 3.39. The van der Waals surface area contributed by atoms with Crippen LogP contribution in [0, 0.1) is 0 Å². The Morgan fingerprint density at radius 3 is 2.48 bits per heavy atom. The molecule has 0 saturated carbocycles. The molecule has 0 spiro atoms. The third-order valence-electron chi connectivity index (χ3n) is 5.49. The number of esters is 2. The third kappa shape index (κ3) is 5.85. The average Bonchev–Trinajstić information content (AvgIpc) is 3.18. The summed E-state index contributed by atoms with van der Waals surface area (Å²) in [5.41, 5.74) is 0.710. The second kappa shape index (κ2) is 11.0. The van der Waals surface area contributed by atoms with E-state index in [4.69, 9.17) is 25.8 Å². The van der Waals surface area contributed by atoms with E-state index < -0.39 is 23.6 Å². The molecule has 1 aliphatic rings. The number of carbonyl (C=O) groups excluding carboxylic acids is 2. The second-order valence-corrected chi connectivity index (χ2v) is 8.51. The van der Waals surface area contributed by atoms with Gasteiger partial charge < -0.3 is 24.6 Å². The van der Waals surface area contributed by atoms with Gasteiger partial charge in [-0.3, -0.25) is 0 Å². The Balaban J connectivity index is 1.65. The zero-order valence-corrected chi connectivity index (χ0v) is 19.9. The maximum absolute atomic E-state index is 12.6. The highest BCUT2D eigenvalue weighted by atomic mass is 35.5. The lowest BCUT2D eigenvalue weighted by molar-refractivity contribution is -0.177. The Labute approximate surface area is 199 Å². The van der Waals surface area contributed by atoms with E-state index in [1.54, 1.807) is 32.0 Å². The van der Waals surface area contributed by atoms with E-state index >= 15 is 0 Å². The van der Waals surface area contributed by atoms with Gasteiger partial charge in [-0.05, 0) is 62.1 Å². The van der Waals surface area contributed by atoms with Crippen molar-refractivity contribution < 1.29 is 28.9 Å². The Hall–Kier alpha value is -2.61. The van der Waals surface area contributed by atoms with Crippen molar-refractivity contribution in [1.82, 2.24) is 5.32 Å². The van der Waals surface area contributed by atoms with Gasteiger partial charge in [-0.25, -0.2) is 9.59 Å². The van der Waals surface area contributed by atoms with Gasteiger partial charge in [0.25, 0.3) is 0 Å². The molecule has 1 aliphatic heterocycles. The maximum Gasteiger partial charge on any atom is 0.362 e. The highest BCUT2D eigenvalue weighted by molar-refractivity contribution is 6.30. The van der Waals surface area contributed by atoms with Crippen LogP contribution < -0.4 is 10.1 Å². The summed E-state index contributed by atoms with van der Waals surface area (Å²) >= 11 is 6.00. The first-order valence-electron chi connectivity index (χ1n) is 11.1. The van der Waals surface area contributed by atoms with E-state index in [2.05, 4.69) is 5.32 Å². The number of hydrogen-bond acceptors (Lipinski definition) is 7. The topological polar surface area (TPSA) is 94.1 Å². The SMILES string of the molecule is CCOC(=O)C1(C(=O)OCC)Cc2cc(CC(C)NCC(O)c3cccc(Cl)c3)ccc2O1. The van der Waals surface area contributed by atoms with Gasteiger partial charge in [0.1, 0.15) is 5.75 Å². The number of ether oxygens (including phenoxy) is 3. The first-order valence-corrected chi connectivity index (χ1v) is 11.5. The number of aliphatic hydroxyl groups excluding tert-OH is 1. The molecular formula is C25H30ClNO6. The van der Waals surface area contributed by atoms with Crippen LogP contribution in [0.3, 0.4) is 0 Å². The van der Waals surface area contributed by atoms with Crippen LogP contribution in [0.2, 0.25) is 5.02 Å². The fraction of sp³-hybridized carbons (Fsp3) is 0.440. The molecule has 2 aromatic carbocycles. The van der Waals surface area contributed by atoms with Crippen LogP contribution in [0.15, 0.2) is 42.5 Å². The van der Waals surface area contributed by atoms with Gasteiger partial charge in [-0.1, -0.05) is 35.9 Å². The minimum Gasteiger partial charge on any atom is -0.463 e. The van der Waals surface area contributed by atoms with Crippen LogP contribution in [-0.4, -0.2) is 48.4 Å². The summed E-state index contributed by atoms with van der Waals surface area (Å²) in [5, 5.41) is 14.3. The summed E-state index contributed by atoms with van der Waals surface area (Å²) in [7, 11) is 0. The number of hydrogen-bond donors (Lipinski definition) is 2. The molecule has 3 rings (SSSR count). The zero-order chi connectivity index (χ0) is 24.0. The average molecular weight is 476 g/mol. The van der Waals surface area contributed by atoms with Crippen LogP contribution in [0.25, 0.3) is 0 Å². The Morgan fingerprint density at radius 2 is 1.85 bits per heavy atom. The number of aliphatic hydroxyl groups is 1. The van der Waals surface area contributed by atoms with Crippen molar-refractivity contribution in [3.63, 3.8) is 0 Å². The molecule has 178 valence electrons. The molecule has 1 heterocycles. The largest absolute Gasteiger partial charge is 0.463 e. The molecule has 0 saturated heterocycles. The minimum absolute atomic E-state index is 0.0587. The van der Waals surface area contributed by atoms with Crippen LogP contribution >= 0.6 is 11.6 Å². The molecular weight excluding hydrogens is 446 g/mol. The molecule has 0 aromatic heterocycles. The van der Waals surface area contributed by atoms with Gasteiger partial charge in [0.05, 0.1) is 19.3 Å². The molecule has 0 radical (unpaired) electrons. The number of fused-ring (bicyclic) bond motifs is 1. The van der Waals surface area contributed by atoms with Gasteiger partial charge in [0.2, 0.25) is 0 Å². The molecule has 0 fully saturated rings. The lowest BCUT2D eigenvalue weighted by Crippen LogP contribution is -2.53. The van der Waals surface area contributed by atoms with E-state index in [1.807, 2.05) is 31.2 Å². The van der Waals surface area contributed by atoms with E-state index in [0.717, 1.165) is 16.7 Å². The van der Waals surface area contributed by atoms with Gasteiger partial charge in [-0.2, -0.15) is 0 Å². The van der Waals surface area contributed by atoms with Gasteiger partial charge in [-0.15, -0.1) is 0 Å². The Kier molecular flexibility index (Phi) is 8.35. The van der Waals surface area contributed by atoms with Crippen molar-refractivity contribution in [1.29, 1.82) is 0 Å². The fourth-order valence-electron chi connectivity index (χ4n) is 3.87. The van der Waals surface area contributed by atoms with Crippen molar-refractivity contribution >= 4 is 23.5 Å². The second-order valence-electron chi connectivity index (χ2n) is 8.07. The molecule has 7 nitrogen and oxygen atoms in total. The normalized spacial score (nSPS) is 15.8. The van der Waals surface area contributed by atoms with Gasteiger partial charge in [0.15, 0.2) is 0 Å². The van der Waals surface area contributed by atoms with Crippen molar-refractivity contribution in [3.05, 3.63) is 64.2 Å². The number of rotatable bonds is 10. The molecule has 0 aliphatic carbocycles. The highest BCUT2D eigenvalue weighted by Crippen LogP contribution is 2.37. The van der Waals surface area contributed by atoms with Crippen molar-refractivity contribution in [3.8, 4) is 5.75 Å². The molecule has 8 heteroatoms. The van der Waals surface area contributed by atoms with E-state index in [-0.39, 0.29) is 25.7 Å². The smallest absolute Gasteiger partial charge is 0.362 e. The molecule has 2 unspecified atom stereocenters. The van der Waals surface area contributed by atoms with E-state index in [1.165, 1.54) is 0 Å². The molecule has 0 amide bonds. The summed E-state index contributed by atoms with van der Waals surface area (Å²) in [6, 6.07) is 12.8. The summed E-state index contributed by atoms with van der Waals surface area (Å²) in [5.74, 6) is -1.02. The fourth-order valence-corrected chi connectivity index (χ4v) is 4.06. The lowest BCUT2D eigenvalue weighted by Gasteiger charge is -2.23. The quantitative estimate of drug-likeness (QED) is 0.401. The van der Waals surface area contributed by atoms with Crippen LogP contribution in [-0.2, 0) is 31.9 Å². The molecule has 2 atom stereocenters. The lowest BCUT2D eigenvalue weighted by atomic mass is 9.95. The Morgan fingerprint density at radius 1 is 1.15 bits per heavy atom. The number of halogens is 1. The molecule has 2 N–H and O–H groups in total. The molecule has 33 heavy (non-hydrogen) atoms. The monoisotopic (exact) mass is 475 g/mol. The third-order valence-corrected chi connectivity index (χ3v) is 5.73. The zero-order valence-electron chi connectivity index (χ0n) is 19.1. The first-order chi connectivity index (χ1) is 15.8. The number of nitrogens with one attached hydrogen (secondary N) is 1. The number of benzene rings is 2. The predicted molar refractivity (Wildman–Crippen MR) is 124 cm³/mol. The van der Waals surface area contributed by atoms with E-state index in [9.17, 15) is 14.7 Å². The van der Waals surface area contributed by atoms with Crippen LogP contribution in [0.1, 0.15) is 43.6 Å². The van der Waals surface area contributed by atoms with Crippen LogP contribution in [0.4, 0.5) is 0 Å². The standard InChI is InChI=1S/C25H30ClNO6/c1-4-31-23(29)25(24(30)32-5-2)14-19-12-17(9-10-22(19)33-25)11-16(3)27-15-21(28)18-7-6-8-20(26)13-18/h6-10,12-13,16,21,27-28H,4-5,11,14-15H2,1-3H3. The van der Waals surface area contributed by atoms with Crippen molar-refractivity contribution in [2.75, 3.05) is 19.8 Å². The van der Waals surface area contributed by atoms with Crippen LogP contribution in [0.5, 0.6) is 5.75 Å². The molecule has 2 aromatic rings. The summed E-state index contributed by atoms with van der Waals surface area (Å²) in [6.07, 6.45) is 0.0687. The summed E-state index contributed by atoms with van der Waals surface area (Å²) in [4.78, 5) is 25.2. The summed E-state index contributed by atoms with van der Waals surface area (Å²) in [6.45, 7) is 6.02. The highest BCUT2D eigenvalue weighted by Gasteiger charge is 2.56. The van der Waals surface area contributed by atoms with E-state index in [0.29, 0.717) is 23.7 Å². The first kappa shape index (κ1) is 25.0. The molecule has 0 bridgehead atoms. The Bertz CT molecular complexity index is 977. The van der Waals surface area contributed by atoms with Gasteiger partial charge in [0, 0.05) is 24.0 Å². The minimum atomic E-state index is -1.81. The number of carbonyl (C=O) groups is 2. The van der Waals surface area contributed by atoms with Gasteiger partial charge >= 0.3 is 17.5 Å².